The molecule has 0 aliphatic carbocycles. The van der Waals surface area contributed by atoms with E-state index in [2.05, 4.69) is 15.2 Å². The van der Waals surface area contributed by atoms with Crippen molar-refractivity contribution >= 4 is 0 Å². The molecule has 0 saturated heterocycles. The van der Waals surface area contributed by atoms with Crippen molar-refractivity contribution in [2.45, 2.75) is 20.0 Å². The molecule has 0 aliphatic heterocycles. The van der Waals surface area contributed by atoms with Gasteiger partial charge < -0.3 is 10.3 Å². The standard InChI is InChI=1S/C8H11N5O/c1-2-13-5-6(4-10-13)8-11-7(3-9)14-12-8/h4-5H,2-3,9H2,1H3. The summed E-state index contributed by atoms with van der Waals surface area (Å²) in [6.07, 6.45) is 3.57. The largest absolute Gasteiger partial charge is 0.338 e. The Morgan fingerprint density at radius 1 is 1.57 bits per heavy atom. The lowest BCUT2D eigenvalue weighted by atomic mass is 10.3. The summed E-state index contributed by atoms with van der Waals surface area (Å²) in [4.78, 5) is 4.09. The fourth-order valence-corrected chi connectivity index (χ4v) is 1.11. The molecule has 6 heteroatoms. The van der Waals surface area contributed by atoms with Crippen LogP contribution in [0, 0.1) is 0 Å². The highest BCUT2D eigenvalue weighted by atomic mass is 16.5. The minimum absolute atomic E-state index is 0.259. The molecule has 2 N–H and O–H groups in total. The summed E-state index contributed by atoms with van der Waals surface area (Å²) in [5.41, 5.74) is 6.20. The maximum absolute atomic E-state index is 5.36. The van der Waals surface area contributed by atoms with Gasteiger partial charge in [0.1, 0.15) is 0 Å². The van der Waals surface area contributed by atoms with E-state index in [1.807, 2.05) is 13.1 Å². The number of aryl methyl sites for hydroxylation is 1. The third kappa shape index (κ3) is 1.51. The lowest BCUT2D eigenvalue weighted by molar-refractivity contribution is 0.380. The zero-order valence-electron chi connectivity index (χ0n) is 7.84. The van der Waals surface area contributed by atoms with E-state index < -0.39 is 0 Å². The van der Waals surface area contributed by atoms with Crippen molar-refractivity contribution in [2.24, 2.45) is 5.73 Å². The Hall–Kier alpha value is -1.69. The minimum atomic E-state index is 0.259. The SMILES string of the molecule is CCn1cc(-c2noc(CN)n2)cn1. The second-order valence-electron chi connectivity index (χ2n) is 2.80. The van der Waals surface area contributed by atoms with Gasteiger partial charge in [0.05, 0.1) is 18.3 Å². The zero-order chi connectivity index (χ0) is 9.97. The van der Waals surface area contributed by atoms with Crippen LogP contribution in [0.5, 0.6) is 0 Å². The number of rotatable bonds is 3. The minimum Gasteiger partial charge on any atom is -0.338 e. The second kappa shape index (κ2) is 3.59. The molecule has 0 unspecified atom stereocenters. The smallest absolute Gasteiger partial charge is 0.240 e. The van der Waals surface area contributed by atoms with Gasteiger partial charge in [0.25, 0.3) is 0 Å². The predicted molar refractivity (Wildman–Crippen MR) is 49.1 cm³/mol. The molecule has 0 aromatic carbocycles. The van der Waals surface area contributed by atoms with Crippen LogP contribution in [0.25, 0.3) is 11.4 Å². The molecule has 2 heterocycles. The van der Waals surface area contributed by atoms with Crippen LogP contribution in [-0.4, -0.2) is 19.9 Å². The molecule has 2 aromatic rings. The molecule has 6 nitrogen and oxygen atoms in total. The number of hydrogen-bond donors (Lipinski definition) is 1. The molecule has 0 aliphatic rings. The van der Waals surface area contributed by atoms with Crippen molar-refractivity contribution in [1.82, 2.24) is 19.9 Å². The fourth-order valence-electron chi connectivity index (χ4n) is 1.11. The van der Waals surface area contributed by atoms with Crippen molar-refractivity contribution in [3.63, 3.8) is 0 Å². The summed E-state index contributed by atoms with van der Waals surface area (Å²) in [6, 6.07) is 0. The van der Waals surface area contributed by atoms with E-state index in [4.69, 9.17) is 10.3 Å². The first-order valence-corrected chi connectivity index (χ1v) is 4.39. The van der Waals surface area contributed by atoms with Crippen LogP contribution in [0.3, 0.4) is 0 Å². The number of nitrogens with zero attached hydrogens (tertiary/aromatic N) is 4. The highest BCUT2D eigenvalue weighted by Crippen LogP contribution is 2.13. The number of hydrogen-bond acceptors (Lipinski definition) is 5. The van der Waals surface area contributed by atoms with E-state index in [-0.39, 0.29) is 6.54 Å². The van der Waals surface area contributed by atoms with Gasteiger partial charge in [-0.1, -0.05) is 5.16 Å². The van der Waals surface area contributed by atoms with E-state index in [0.29, 0.717) is 11.7 Å². The maximum atomic E-state index is 5.36. The Morgan fingerprint density at radius 2 is 2.43 bits per heavy atom. The summed E-state index contributed by atoms with van der Waals surface area (Å²) in [7, 11) is 0. The summed E-state index contributed by atoms with van der Waals surface area (Å²) in [6.45, 7) is 3.09. The van der Waals surface area contributed by atoms with E-state index in [1.54, 1.807) is 10.9 Å². The van der Waals surface area contributed by atoms with Gasteiger partial charge in [-0.25, -0.2) is 0 Å². The monoisotopic (exact) mass is 193 g/mol. The summed E-state index contributed by atoms with van der Waals surface area (Å²) in [5.74, 6) is 0.967. The van der Waals surface area contributed by atoms with Crippen LogP contribution in [0.2, 0.25) is 0 Å². The highest BCUT2D eigenvalue weighted by Gasteiger charge is 2.08. The zero-order valence-corrected chi connectivity index (χ0v) is 7.84. The molecule has 0 spiro atoms. The highest BCUT2D eigenvalue weighted by molar-refractivity contribution is 5.50. The first-order chi connectivity index (χ1) is 6.83. The Kier molecular flexibility index (Phi) is 2.28. The Bertz CT molecular complexity index is 379. The third-order valence-electron chi connectivity index (χ3n) is 1.86. The van der Waals surface area contributed by atoms with Gasteiger partial charge in [-0.2, -0.15) is 10.1 Å². The molecule has 14 heavy (non-hydrogen) atoms. The van der Waals surface area contributed by atoms with Crippen molar-refractivity contribution in [3.8, 4) is 11.4 Å². The first kappa shape index (κ1) is 8.89. The Labute approximate surface area is 80.7 Å². The van der Waals surface area contributed by atoms with Crippen LogP contribution >= 0.6 is 0 Å². The first-order valence-electron chi connectivity index (χ1n) is 4.39. The molecule has 0 amide bonds. The lowest BCUT2D eigenvalue weighted by Gasteiger charge is -1.89. The quantitative estimate of drug-likeness (QED) is 0.763. The van der Waals surface area contributed by atoms with Crippen molar-refractivity contribution in [1.29, 1.82) is 0 Å². The molecule has 0 radical (unpaired) electrons. The van der Waals surface area contributed by atoms with Crippen LogP contribution < -0.4 is 5.73 Å². The molecular weight excluding hydrogens is 182 g/mol. The van der Waals surface area contributed by atoms with Crippen molar-refractivity contribution < 1.29 is 4.52 Å². The van der Waals surface area contributed by atoms with Gasteiger partial charge >= 0.3 is 0 Å². The topological polar surface area (TPSA) is 82.8 Å². The molecule has 0 atom stereocenters. The number of aromatic nitrogens is 4. The van der Waals surface area contributed by atoms with Crippen molar-refractivity contribution in [2.75, 3.05) is 0 Å². The summed E-state index contributed by atoms with van der Waals surface area (Å²) < 4.78 is 6.69. The predicted octanol–water partition coefficient (Wildman–Crippen LogP) is 0.412. The van der Waals surface area contributed by atoms with Gasteiger partial charge in [-0.15, -0.1) is 0 Å². The van der Waals surface area contributed by atoms with Gasteiger partial charge in [0.15, 0.2) is 0 Å². The molecule has 74 valence electrons. The van der Waals surface area contributed by atoms with Crippen molar-refractivity contribution in [3.05, 3.63) is 18.3 Å². The maximum Gasteiger partial charge on any atom is 0.240 e. The van der Waals surface area contributed by atoms with Gasteiger partial charge in [0.2, 0.25) is 11.7 Å². The van der Waals surface area contributed by atoms with Crippen LogP contribution in [0.15, 0.2) is 16.9 Å². The van der Waals surface area contributed by atoms with E-state index in [9.17, 15) is 0 Å². The molecule has 2 rings (SSSR count). The average Bonchev–Trinajstić information content (AvgIpc) is 2.86. The second-order valence-corrected chi connectivity index (χ2v) is 2.80. The van der Waals surface area contributed by atoms with Crippen LogP contribution in [0.1, 0.15) is 12.8 Å². The van der Waals surface area contributed by atoms with Crippen LogP contribution in [-0.2, 0) is 13.1 Å². The Balaban J connectivity index is 2.29. The Morgan fingerprint density at radius 3 is 3.00 bits per heavy atom. The van der Waals surface area contributed by atoms with Gasteiger partial charge in [-0.05, 0) is 6.92 Å². The molecule has 0 fully saturated rings. The van der Waals surface area contributed by atoms with E-state index in [1.165, 1.54) is 0 Å². The van der Waals surface area contributed by atoms with Gasteiger partial charge in [0, 0.05) is 12.7 Å². The summed E-state index contributed by atoms with van der Waals surface area (Å²) in [5, 5.41) is 7.90. The van der Waals surface area contributed by atoms with Crippen LogP contribution in [0.4, 0.5) is 0 Å². The molecular formula is C8H11N5O. The average molecular weight is 193 g/mol. The lowest BCUT2D eigenvalue weighted by Crippen LogP contribution is -1.95. The van der Waals surface area contributed by atoms with E-state index in [0.717, 1.165) is 12.1 Å². The molecule has 0 bridgehead atoms. The van der Waals surface area contributed by atoms with Gasteiger partial charge in [-0.3, -0.25) is 4.68 Å². The normalized spacial score (nSPS) is 10.7. The molecule has 0 saturated carbocycles. The van der Waals surface area contributed by atoms with E-state index >= 15 is 0 Å². The third-order valence-corrected chi connectivity index (χ3v) is 1.86. The number of nitrogens with two attached hydrogens (primary N) is 1. The molecule has 2 aromatic heterocycles. The fraction of sp³-hybridized carbons (Fsp3) is 0.375. The summed E-state index contributed by atoms with van der Waals surface area (Å²) >= 11 is 0.